The molecule has 7 nitrogen and oxygen atoms in total. The molecule has 0 bridgehead atoms. The Labute approximate surface area is 184 Å². The van der Waals surface area contributed by atoms with Gasteiger partial charge >= 0.3 is 0 Å². The summed E-state index contributed by atoms with van der Waals surface area (Å²) in [7, 11) is 4.60. The predicted octanol–water partition coefficient (Wildman–Crippen LogP) is 3.69. The molecule has 0 radical (unpaired) electrons. The first-order valence-corrected chi connectivity index (χ1v) is 10.1. The van der Waals surface area contributed by atoms with Crippen molar-refractivity contribution in [2.45, 2.75) is 32.4 Å². The Kier molecular flexibility index (Phi) is 7.07. The Hall–Kier alpha value is -3.49. The summed E-state index contributed by atoms with van der Waals surface area (Å²) in [4.78, 5) is 31.2. The maximum atomic E-state index is 13.5. The molecule has 0 spiro atoms. The predicted molar refractivity (Wildman–Crippen MR) is 116 cm³/mol. The molecule has 170 valence electrons. The Balaban J connectivity index is 1.67. The van der Waals surface area contributed by atoms with Crippen LogP contribution >= 0.6 is 0 Å². The lowest BCUT2D eigenvalue weighted by Gasteiger charge is -2.25. The fraction of sp³-hybridized carbons (Fsp3) is 0.348. The molecule has 0 N–H and O–H groups in total. The van der Waals surface area contributed by atoms with Crippen molar-refractivity contribution in [3.63, 3.8) is 0 Å². The molecule has 1 aromatic heterocycles. The fourth-order valence-electron chi connectivity index (χ4n) is 3.43. The zero-order chi connectivity index (χ0) is 23.4. The van der Waals surface area contributed by atoms with E-state index in [9.17, 15) is 18.4 Å². The minimum absolute atomic E-state index is 0.171. The molecule has 3 aromatic rings. The Bertz CT molecular complexity index is 1200. The van der Waals surface area contributed by atoms with Gasteiger partial charge in [-0.15, -0.1) is 0 Å². The van der Waals surface area contributed by atoms with Crippen molar-refractivity contribution in [1.82, 2.24) is 14.5 Å². The third-order valence-corrected chi connectivity index (χ3v) is 5.52. The Morgan fingerprint density at radius 3 is 2.47 bits per heavy atom. The molecule has 32 heavy (non-hydrogen) atoms. The molecule has 1 amide bonds. The van der Waals surface area contributed by atoms with E-state index in [1.165, 1.54) is 36.1 Å². The number of rotatable bonds is 8. The van der Waals surface area contributed by atoms with E-state index >= 15 is 0 Å². The standard InChI is InChI=1S/C23H25F2N3O4/c1-14(15-7-8-17(24)18(25)10-15)27(2)22(29)6-5-9-28-13-26-19-12-21(32-4)20(31-3)11-16(19)23(28)30/h7-8,10-14H,5-6,9H2,1-4H3. The first kappa shape index (κ1) is 23.2. The molecule has 0 saturated heterocycles. The van der Waals surface area contributed by atoms with Crippen molar-refractivity contribution in [1.29, 1.82) is 0 Å². The fourth-order valence-corrected chi connectivity index (χ4v) is 3.43. The summed E-state index contributed by atoms with van der Waals surface area (Å²) in [5.41, 5.74) is 0.742. The van der Waals surface area contributed by atoms with Crippen LogP contribution in [0.3, 0.4) is 0 Å². The van der Waals surface area contributed by atoms with Gasteiger partial charge in [0.05, 0.1) is 37.5 Å². The van der Waals surface area contributed by atoms with Crippen LogP contribution in [0.1, 0.15) is 31.4 Å². The highest BCUT2D eigenvalue weighted by Crippen LogP contribution is 2.29. The summed E-state index contributed by atoms with van der Waals surface area (Å²) in [6.45, 7) is 2.04. The molecule has 0 aliphatic rings. The molecule has 0 aliphatic heterocycles. The molecule has 1 unspecified atom stereocenters. The van der Waals surface area contributed by atoms with Crippen LogP contribution in [0.2, 0.25) is 0 Å². The second-order valence-corrected chi connectivity index (χ2v) is 7.43. The smallest absolute Gasteiger partial charge is 0.261 e. The minimum Gasteiger partial charge on any atom is -0.493 e. The molecule has 9 heteroatoms. The summed E-state index contributed by atoms with van der Waals surface area (Å²) >= 11 is 0. The molecule has 1 heterocycles. The second-order valence-electron chi connectivity index (χ2n) is 7.43. The first-order valence-electron chi connectivity index (χ1n) is 10.1. The summed E-state index contributed by atoms with van der Waals surface area (Å²) in [5, 5.41) is 0.389. The lowest BCUT2D eigenvalue weighted by Crippen LogP contribution is -2.30. The lowest BCUT2D eigenvalue weighted by atomic mass is 10.1. The second kappa shape index (κ2) is 9.76. The van der Waals surface area contributed by atoms with E-state index in [0.29, 0.717) is 40.9 Å². The van der Waals surface area contributed by atoms with Gasteiger partial charge in [-0.2, -0.15) is 0 Å². The number of methoxy groups -OCH3 is 2. The van der Waals surface area contributed by atoms with Gasteiger partial charge in [-0.1, -0.05) is 6.07 Å². The van der Waals surface area contributed by atoms with Gasteiger partial charge in [0, 0.05) is 26.1 Å². The van der Waals surface area contributed by atoms with Gasteiger partial charge in [-0.3, -0.25) is 14.2 Å². The average molecular weight is 445 g/mol. The third kappa shape index (κ3) is 4.71. The zero-order valence-corrected chi connectivity index (χ0v) is 18.4. The van der Waals surface area contributed by atoms with Crippen LogP contribution in [0.25, 0.3) is 10.9 Å². The molecule has 3 rings (SSSR count). The summed E-state index contributed by atoms with van der Waals surface area (Å²) < 4.78 is 38.6. The van der Waals surface area contributed by atoms with Crippen molar-refractivity contribution in [3.05, 3.63) is 64.2 Å². The summed E-state index contributed by atoms with van der Waals surface area (Å²) in [5.74, 6) is -1.14. The number of ether oxygens (including phenoxy) is 2. The van der Waals surface area contributed by atoms with Gasteiger partial charge in [0.25, 0.3) is 5.56 Å². The topological polar surface area (TPSA) is 73.7 Å². The molecule has 0 saturated carbocycles. The number of carbonyl (C=O) groups is 1. The van der Waals surface area contributed by atoms with Gasteiger partial charge in [-0.05, 0) is 37.1 Å². The average Bonchev–Trinajstić information content (AvgIpc) is 2.80. The minimum atomic E-state index is -0.951. The first-order chi connectivity index (χ1) is 15.3. The van der Waals surface area contributed by atoms with Gasteiger partial charge < -0.3 is 14.4 Å². The highest BCUT2D eigenvalue weighted by atomic mass is 19.2. The van der Waals surface area contributed by atoms with Crippen LogP contribution in [0, 0.1) is 11.6 Å². The highest BCUT2D eigenvalue weighted by Gasteiger charge is 2.19. The lowest BCUT2D eigenvalue weighted by molar-refractivity contribution is -0.132. The zero-order valence-electron chi connectivity index (χ0n) is 18.4. The van der Waals surface area contributed by atoms with E-state index in [1.807, 2.05) is 0 Å². The Morgan fingerprint density at radius 2 is 1.81 bits per heavy atom. The van der Waals surface area contributed by atoms with Crippen molar-refractivity contribution >= 4 is 16.8 Å². The van der Waals surface area contributed by atoms with Crippen molar-refractivity contribution < 1.29 is 23.0 Å². The number of aromatic nitrogens is 2. The van der Waals surface area contributed by atoms with Crippen LogP contribution in [-0.2, 0) is 11.3 Å². The maximum Gasteiger partial charge on any atom is 0.261 e. The third-order valence-electron chi connectivity index (χ3n) is 5.52. The number of aryl methyl sites for hydroxylation is 1. The number of amides is 1. The van der Waals surface area contributed by atoms with Crippen molar-refractivity contribution in [2.24, 2.45) is 0 Å². The van der Waals surface area contributed by atoms with Crippen LogP contribution in [-0.4, -0.2) is 41.6 Å². The van der Waals surface area contributed by atoms with E-state index in [0.717, 1.165) is 12.1 Å². The molecule has 2 aromatic carbocycles. The summed E-state index contributed by atoms with van der Waals surface area (Å²) in [6.07, 6.45) is 2.03. The van der Waals surface area contributed by atoms with Crippen LogP contribution < -0.4 is 15.0 Å². The van der Waals surface area contributed by atoms with Crippen LogP contribution in [0.15, 0.2) is 41.5 Å². The SMILES string of the molecule is COc1cc2ncn(CCCC(=O)N(C)C(C)c3ccc(F)c(F)c3)c(=O)c2cc1OC. The molecular formula is C23H25F2N3O4. The number of carbonyl (C=O) groups excluding carboxylic acids is 1. The number of halogens is 2. The molecule has 0 aliphatic carbocycles. The monoisotopic (exact) mass is 445 g/mol. The van der Waals surface area contributed by atoms with E-state index in [1.54, 1.807) is 26.1 Å². The maximum absolute atomic E-state index is 13.5. The quantitative estimate of drug-likeness (QED) is 0.529. The van der Waals surface area contributed by atoms with E-state index < -0.39 is 17.7 Å². The Morgan fingerprint density at radius 1 is 1.12 bits per heavy atom. The summed E-state index contributed by atoms with van der Waals surface area (Å²) in [6, 6.07) is 6.39. The number of nitrogens with zero attached hydrogens (tertiary/aromatic N) is 3. The van der Waals surface area contributed by atoms with E-state index in [4.69, 9.17) is 9.47 Å². The largest absolute Gasteiger partial charge is 0.493 e. The molecule has 0 fully saturated rings. The highest BCUT2D eigenvalue weighted by molar-refractivity contribution is 5.81. The van der Waals surface area contributed by atoms with Crippen LogP contribution in [0.5, 0.6) is 11.5 Å². The molecule has 1 atom stereocenters. The number of hydrogen-bond donors (Lipinski definition) is 0. The normalized spacial score (nSPS) is 11.9. The van der Waals surface area contributed by atoms with Crippen molar-refractivity contribution in [2.75, 3.05) is 21.3 Å². The van der Waals surface area contributed by atoms with Gasteiger partial charge in [-0.25, -0.2) is 13.8 Å². The van der Waals surface area contributed by atoms with Crippen molar-refractivity contribution in [3.8, 4) is 11.5 Å². The number of fused-ring (bicyclic) bond motifs is 1. The van der Waals surface area contributed by atoms with Crippen LogP contribution in [0.4, 0.5) is 8.78 Å². The number of benzene rings is 2. The van der Waals surface area contributed by atoms with Gasteiger partial charge in [0.1, 0.15) is 0 Å². The van der Waals surface area contributed by atoms with Gasteiger partial charge in [0.2, 0.25) is 5.91 Å². The number of hydrogen-bond acceptors (Lipinski definition) is 5. The van der Waals surface area contributed by atoms with E-state index in [-0.39, 0.29) is 17.9 Å². The van der Waals surface area contributed by atoms with Gasteiger partial charge in [0.15, 0.2) is 23.1 Å². The van der Waals surface area contributed by atoms with E-state index in [2.05, 4.69) is 4.98 Å². The molecular weight excluding hydrogens is 420 g/mol.